The van der Waals surface area contributed by atoms with Gasteiger partial charge in [-0.15, -0.1) is 0 Å². The van der Waals surface area contributed by atoms with E-state index in [1.165, 1.54) is 0 Å². The fraction of sp³-hybridized carbons (Fsp3) is 0.636. The predicted molar refractivity (Wildman–Crippen MR) is 54.1 cm³/mol. The van der Waals surface area contributed by atoms with Gasteiger partial charge in [0.25, 0.3) is 0 Å². The molecule has 0 aromatic rings. The standard InChI is InChI=1S/C11H20O/c1-5-10(2)8-6-7-9-11(3,4)12/h5,12H,1-2,6-9H2,3-4H3. The van der Waals surface area contributed by atoms with Crippen LogP contribution in [0.2, 0.25) is 0 Å². The van der Waals surface area contributed by atoms with Crippen LogP contribution >= 0.6 is 0 Å². The van der Waals surface area contributed by atoms with E-state index in [-0.39, 0.29) is 0 Å². The molecule has 0 aromatic heterocycles. The molecular weight excluding hydrogens is 148 g/mol. The Morgan fingerprint density at radius 1 is 1.42 bits per heavy atom. The molecule has 1 nitrogen and oxygen atoms in total. The van der Waals surface area contributed by atoms with Crippen LogP contribution in [-0.4, -0.2) is 10.7 Å². The Morgan fingerprint density at radius 2 is 2.00 bits per heavy atom. The highest BCUT2D eigenvalue weighted by Gasteiger charge is 2.10. The minimum absolute atomic E-state index is 0.518. The molecule has 0 aliphatic carbocycles. The molecule has 0 aliphatic heterocycles. The highest BCUT2D eigenvalue weighted by atomic mass is 16.3. The molecule has 70 valence electrons. The summed E-state index contributed by atoms with van der Waals surface area (Å²) in [7, 11) is 0. The Bertz CT molecular complexity index is 151. The first-order valence-corrected chi connectivity index (χ1v) is 4.48. The molecule has 0 saturated carbocycles. The van der Waals surface area contributed by atoms with Crippen molar-refractivity contribution in [2.45, 2.75) is 45.1 Å². The molecule has 0 saturated heterocycles. The zero-order valence-electron chi connectivity index (χ0n) is 8.27. The van der Waals surface area contributed by atoms with E-state index in [1.54, 1.807) is 6.08 Å². The molecule has 1 heteroatoms. The van der Waals surface area contributed by atoms with Crippen LogP contribution in [0.3, 0.4) is 0 Å². The van der Waals surface area contributed by atoms with Crippen LogP contribution in [-0.2, 0) is 0 Å². The summed E-state index contributed by atoms with van der Waals surface area (Å²) >= 11 is 0. The number of allylic oxidation sites excluding steroid dienone is 2. The molecule has 0 aliphatic rings. The van der Waals surface area contributed by atoms with E-state index >= 15 is 0 Å². The number of hydrogen-bond acceptors (Lipinski definition) is 1. The van der Waals surface area contributed by atoms with Gasteiger partial charge in [0.2, 0.25) is 0 Å². The predicted octanol–water partition coefficient (Wildman–Crippen LogP) is 3.06. The van der Waals surface area contributed by atoms with Gasteiger partial charge in [0.05, 0.1) is 5.60 Å². The Kier molecular flexibility index (Phi) is 4.91. The third kappa shape index (κ3) is 7.55. The van der Waals surface area contributed by atoms with Crippen molar-refractivity contribution in [3.8, 4) is 0 Å². The lowest BCUT2D eigenvalue weighted by Gasteiger charge is -2.16. The van der Waals surface area contributed by atoms with Gasteiger partial charge in [-0.3, -0.25) is 0 Å². The Labute approximate surface area is 75.8 Å². The maximum absolute atomic E-state index is 9.40. The third-order valence-corrected chi connectivity index (χ3v) is 1.83. The zero-order valence-corrected chi connectivity index (χ0v) is 8.27. The lowest BCUT2D eigenvalue weighted by molar-refractivity contribution is 0.0683. The highest BCUT2D eigenvalue weighted by molar-refractivity contribution is 5.10. The summed E-state index contributed by atoms with van der Waals surface area (Å²) in [6.45, 7) is 11.2. The van der Waals surface area contributed by atoms with Crippen molar-refractivity contribution in [3.63, 3.8) is 0 Å². The topological polar surface area (TPSA) is 20.2 Å². The van der Waals surface area contributed by atoms with Gasteiger partial charge in [-0.05, 0) is 33.1 Å². The van der Waals surface area contributed by atoms with Crippen LogP contribution in [0.4, 0.5) is 0 Å². The van der Waals surface area contributed by atoms with Gasteiger partial charge >= 0.3 is 0 Å². The summed E-state index contributed by atoms with van der Waals surface area (Å²) in [6, 6.07) is 0. The summed E-state index contributed by atoms with van der Waals surface area (Å²) in [5.74, 6) is 0. The Hall–Kier alpha value is -0.560. The van der Waals surface area contributed by atoms with Gasteiger partial charge in [-0.1, -0.05) is 31.2 Å². The van der Waals surface area contributed by atoms with Crippen molar-refractivity contribution in [1.29, 1.82) is 0 Å². The molecule has 1 N–H and O–H groups in total. The van der Waals surface area contributed by atoms with E-state index < -0.39 is 5.60 Å². The van der Waals surface area contributed by atoms with Crippen LogP contribution in [0.15, 0.2) is 24.8 Å². The summed E-state index contributed by atoms with van der Waals surface area (Å²) < 4.78 is 0. The van der Waals surface area contributed by atoms with Crippen molar-refractivity contribution >= 4 is 0 Å². The lowest BCUT2D eigenvalue weighted by atomic mass is 9.99. The molecule has 0 atom stereocenters. The van der Waals surface area contributed by atoms with E-state index in [2.05, 4.69) is 13.2 Å². The second-order valence-electron chi connectivity index (χ2n) is 3.88. The Balaban J connectivity index is 3.34. The fourth-order valence-electron chi connectivity index (χ4n) is 1.01. The maximum Gasteiger partial charge on any atom is 0.0591 e. The summed E-state index contributed by atoms with van der Waals surface area (Å²) in [5.41, 5.74) is 0.570. The second kappa shape index (κ2) is 5.15. The van der Waals surface area contributed by atoms with E-state index in [0.717, 1.165) is 31.3 Å². The van der Waals surface area contributed by atoms with Gasteiger partial charge in [0.1, 0.15) is 0 Å². The highest BCUT2D eigenvalue weighted by Crippen LogP contribution is 2.14. The van der Waals surface area contributed by atoms with Gasteiger partial charge in [0.15, 0.2) is 0 Å². The van der Waals surface area contributed by atoms with E-state index in [9.17, 15) is 5.11 Å². The fourth-order valence-corrected chi connectivity index (χ4v) is 1.01. The monoisotopic (exact) mass is 168 g/mol. The summed E-state index contributed by atoms with van der Waals surface area (Å²) in [5, 5.41) is 9.40. The molecule has 0 aromatic carbocycles. The molecule has 0 bridgehead atoms. The van der Waals surface area contributed by atoms with E-state index in [4.69, 9.17) is 0 Å². The van der Waals surface area contributed by atoms with Crippen LogP contribution in [0.1, 0.15) is 39.5 Å². The van der Waals surface area contributed by atoms with Crippen molar-refractivity contribution < 1.29 is 5.11 Å². The van der Waals surface area contributed by atoms with Crippen molar-refractivity contribution in [1.82, 2.24) is 0 Å². The molecule has 0 radical (unpaired) electrons. The van der Waals surface area contributed by atoms with Gasteiger partial charge in [0, 0.05) is 0 Å². The third-order valence-electron chi connectivity index (χ3n) is 1.83. The quantitative estimate of drug-likeness (QED) is 0.477. The first-order chi connectivity index (χ1) is 5.45. The van der Waals surface area contributed by atoms with Crippen LogP contribution < -0.4 is 0 Å². The first kappa shape index (κ1) is 11.4. The average Bonchev–Trinajstić information content (AvgIpc) is 1.96. The molecule has 0 fully saturated rings. The smallest absolute Gasteiger partial charge is 0.0591 e. The van der Waals surface area contributed by atoms with Crippen molar-refractivity contribution in [2.24, 2.45) is 0 Å². The number of rotatable bonds is 6. The van der Waals surface area contributed by atoms with Crippen LogP contribution in [0.5, 0.6) is 0 Å². The zero-order chi connectivity index (χ0) is 9.61. The summed E-state index contributed by atoms with van der Waals surface area (Å²) in [6.07, 6.45) is 5.80. The second-order valence-corrected chi connectivity index (χ2v) is 3.88. The number of aliphatic hydroxyl groups is 1. The Morgan fingerprint density at radius 3 is 2.42 bits per heavy atom. The van der Waals surface area contributed by atoms with E-state index in [1.807, 2.05) is 13.8 Å². The van der Waals surface area contributed by atoms with Gasteiger partial charge in [-0.2, -0.15) is 0 Å². The van der Waals surface area contributed by atoms with E-state index in [0.29, 0.717) is 0 Å². The SMILES string of the molecule is C=CC(=C)CCCCC(C)(C)O. The van der Waals surface area contributed by atoms with Crippen LogP contribution in [0.25, 0.3) is 0 Å². The molecule has 0 unspecified atom stereocenters. The molecular formula is C11H20O. The molecule has 12 heavy (non-hydrogen) atoms. The molecule has 0 heterocycles. The minimum atomic E-state index is -0.518. The van der Waals surface area contributed by atoms with Gasteiger partial charge in [-0.25, -0.2) is 0 Å². The van der Waals surface area contributed by atoms with Gasteiger partial charge < -0.3 is 5.11 Å². The largest absolute Gasteiger partial charge is 0.390 e. The maximum atomic E-state index is 9.40. The molecule has 0 spiro atoms. The van der Waals surface area contributed by atoms with Crippen LogP contribution in [0, 0.1) is 0 Å². The lowest BCUT2D eigenvalue weighted by Crippen LogP contribution is -2.17. The number of hydrogen-bond donors (Lipinski definition) is 1. The summed E-state index contributed by atoms with van der Waals surface area (Å²) in [4.78, 5) is 0. The molecule has 0 rings (SSSR count). The molecule has 0 amide bonds. The average molecular weight is 168 g/mol. The van der Waals surface area contributed by atoms with Crippen molar-refractivity contribution in [2.75, 3.05) is 0 Å². The van der Waals surface area contributed by atoms with Crippen molar-refractivity contribution in [3.05, 3.63) is 24.8 Å². The first-order valence-electron chi connectivity index (χ1n) is 4.48. The minimum Gasteiger partial charge on any atom is -0.390 e. The number of unbranched alkanes of at least 4 members (excludes halogenated alkanes) is 1. The normalized spacial score (nSPS) is 11.2.